The fraction of sp³-hybridized carbons (Fsp3) is 0.381. The van der Waals surface area contributed by atoms with Crippen molar-refractivity contribution in [3.8, 4) is 11.3 Å². The first-order valence-electron chi connectivity index (χ1n) is 9.88. The molecule has 1 fully saturated rings. The Balaban J connectivity index is 1.41. The summed E-state index contributed by atoms with van der Waals surface area (Å²) in [4.78, 5) is 10.5. The molecule has 0 aliphatic carbocycles. The van der Waals surface area contributed by atoms with Crippen LogP contribution in [0.3, 0.4) is 0 Å². The number of hydrogen-bond acceptors (Lipinski definition) is 5. The fourth-order valence-electron chi connectivity index (χ4n) is 4.67. The van der Waals surface area contributed by atoms with Crippen LogP contribution < -0.4 is 5.73 Å². The second-order valence-corrected chi connectivity index (χ2v) is 8.10. The predicted octanol–water partition coefficient (Wildman–Crippen LogP) is 3.49. The van der Waals surface area contributed by atoms with Crippen LogP contribution >= 0.6 is 0 Å². The van der Waals surface area contributed by atoms with E-state index < -0.39 is 17.6 Å². The van der Waals surface area contributed by atoms with Gasteiger partial charge in [-0.25, -0.2) is 4.98 Å². The van der Waals surface area contributed by atoms with Crippen molar-refractivity contribution in [2.24, 2.45) is 0 Å². The number of anilines is 1. The van der Waals surface area contributed by atoms with Crippen molar-refractivity contribution < 1.29 is 13.2 Å². The highest BCUT2D eigenvalue weighted by atomic mass is 19.4. The van der Waals surface area contributed by atoms with Gasteiger partial charge in [-0.1, -0.05) is 6.07 Å². The number of nitrogens with zero attached hydrogens (tertiary/aromatic N) is 5. The minimum absolute atomic E-state index is 0.0197. The van der Waals surface area contributed by atoms with Crippen molar-refractivity contribution in [1.82, 2.24) is 24.6 Å². The number of hydrogen-bond donors (Lipinski definition) is 1. The Kier molecular flexibility index (Phi) is 4.32. The summed E-state index contributed by atoms with van der Waals surface area (Å²) in [6, 6.07) is 8.87. The van der Waals surface area contributed by atoms with E-state index in [4.69, 9.17) is 5.73 Å². The Bertz CT molecular complexity index is 1080. The standard InChI is InChI=1S/C21H21F3N6/c22-21(23,24)16-9-14(11-27-19(16)25)17-10-18-20(5-8-30(18)28-17)4-7-29(13-20)12-15-3-1-2-6-26-15/h1-3,6,9-11H,4-5,7-8,12-13H2,(H2,25,27)/t20-/m0/s1. The zero-order valence-electron chi connectivity index (χ0n) is 16.2. The van der Waals surface area contributed by atoms with Crippen LogP contribution in [-0.4, -0.2) is 37.7 Å². The van der Waals surface area contributed by atoms with Crippen LogP contribution in [0.2, 0.25) is 0 Å². The SMILES string of the molecule is Nc1ncc(-c2cc3n(n2)CC[C@]32CCN(Cc3ccccn3)C2)cc1C(F)(F)F. The topological polar surface area (TPSA) is 72.9 Å². The number of rotatable bonds is 3. The van der Waals surface area contributed by atoms with Gasteiger partial charge in [0.1, 0.15) is 5.82 Å². The number of fused-ring (bicyclic) bond motifs is 2. The summed E-state index contributed by atoms with van der Waals surface area (Å²) in [5.41, 5.74) is 7.45. The van der Waals surface area contributed by atoms with E-state index in [0.717, 1.165) is 56.5 Å². The van der Waals surface area contributed by atoms with Crippen LogP contribution in [0.4, 0.5) is 19.0 Å². The number of aryl methyl sites for hydroxylation is 1. The van der Waals surface area contributed by atoms with Crippen molar-refractivity contribution >= 4 is 5.82 Å². The van der Waals surface area contributed by atoms with Crippen LogP contribution in [0, 0.1) is 0 Å². The summed E-state index contributed by atoms with van der Waals surface area (Å²) in [7, 11) is 0. The molecule has 2 aliphatic rings. The van der Waals surface area contributed by atoms with E-state index in [0.29, 0.717) is 11.3 Å². The van der Waals surface area contributed by atoms with Crippen molar-refractivity contribution in [1.29, 1.82) is 0 Å². The third-order valence-electron chi connectivity index (χ3n) is 6.19. The molecule has 0 bridgehead atoms. The maximum atomic E-state index is 13.2. The zero-order valence-corrected chi connectivity index (χ0v) is 16.2. The Morgan fingerprint density at radius 1 is 1.10 bits per heavy atom. The van der Waals surface area contributed by atoms with E-state index >= 15 is 0 Å². The maximum Gasteiger partial charge on any atom is 0.419 e. The van der Waals surface area contributed by atoms with E-state index in [-0.39, 0.29) is 5.41 Å². The minimum Gasteiger partial charge on any atom is -0.383 e. The van der Waals surface area contributed by atoms with Crippen LogP contribution in [-0.2, 0) is 24.7 Å². The van der Waals surface area contributed by atoms with Crippen LogP contribution in [0.1, 0.15) is 29.8 Å². The highest BCUT2D eigenvalue weighted by Gasteiger charge is 2.45. The van der Waals surface area contributed by atoms with Crippen molar-refractivity contribution in [3.05, 3.63) is 59.7 Å². The lowest BCUT2D eigenvalue weighted by Gasteiger charge is -2.23. The lowest BCUT2D eigenvalue weighted by atomic mass is 9.82. The Morgan fingerprint density at radius 3 is 2.70 bits per heavy atom. The molecule has 2 aliphatic heterocycles. The maximum absolute atomic E-state index is 13.2. The van der Waals surface area contributed by atoms with E-state index in [1.807, 2.05) is 28.9 Å². The van der Waals surface area contributed by atoms with E-state index in [2.05, 4.69) is 20.0 Å². The van der Waals surface area contributed by atoms with Gasteiger partial charge in [0.25, 0.3) is 0 Å². The zero-order chi connectivity index (χ0) is 20.9. The summed E-state index contributed by atoms with van der Waals surface area (Å²) in [5, 5.41) is 4.58. The first kappa shape index (κ1) is 19.0. The lowest BCUT2D eigenvalue weighted by Crippen LogP contribution is -2.29. The molecule has 1 saturated heterocycles. The second-order valence-electron chi connectivity index (χ2n) is 8.10. The third kappa shape index (κ3) is 3.23. The van der Waals surface area contributed by atoms with Gasteiger partial charge < -0.3 is 5.73 Å². The summed E-state index contributed by atoms with van der Waals surface area (Å²) in [6.45, 7) is 3.41. The number of nitrogens with two attached hydrogens (primary N) is 1. The highest BCUT2D eigenvalue weighted by molar-refractivity contribution is 5.63. The van der Waals surface area contributed by atoms with Crippen molar-refractivity contribution in [2.45, 2.75) is 37.5 Å². The Morgan fingerprint density at radius 2 is 1.93 bits per heavy atom. The fourth-order valence-corrected chi connectivity index (χ4v) is 4.67. The molecule has 0 unspecified atom stereocenters. The lowest BCUT2D eigenvalue weighted by molar-refractivity contribution is -0.137. The van der Waals surface area contributed by atoms with Crippen molar-refractivity contribution in [3.63, 3.8) is 0 Å². The molecule has 0 saturated carbocycles. The first-order chi connectivity index (χ1) is 14.3. The quantitative estimate of drug-likeness (QED) is 0.710. The number of pyridine rings is 2. The number of alkyl halides is 3. The molecule has 1 atom stereocenters. The Labute approximate surface area is 171 Å². The second kappa shape index (κ2) is 6.80. The van der Waals surface area contributed by atoms with Gasteiger partial charge in [-0.05, 0) is 43.7 Å². The van der Waals surface area contributed by atoms with Gasteiger partial charge in [0.15, 0.2) is 0 Å². The monoisotopic (exact) mass is 414 g/mol. The molecule has 0 amide bonds. The minimum atomic E-state index is -4.55. The first-order valence-corrected chi connectivity index (χ1v) is 9.88. The van der Waals surface area contributed by atoms with Gasteiger partial charge in [0.2, 0.25) is 0 Å². The highest BCUT2D eigenvalue weighted by Crippen LogP contribution is 2.44. The van der Waals surface area contributed by atoms with Crippen molar-refractivity contribution in [2.75, 3.05) is 18.8 Å². The summed E-state index contributed by atoms with van der Waals surface area (Å²) in [5.74, 6) is -0.518. The molecule has 3 aromatic heterocycles. The average Bonchev–Trinajstić information content (AvgIpc) is 3.39. The molecule has 3 aromatic rings. The summed E-state index contributed by atoms with van der Waals surface area (Å²) < 4.78 is 41.6. The number of nitrogen functional groups attached to an aromatic ring is 1. The molecule has 5 rings (SSSR count). The largest absolute Gasteiger partial charge is 0.419 e. The van der Waals surface area contributed by atoms with Crippen LogP contribution in [0.25, 0.3) is 11.3 Å². The van der Waals surface area contributed by atoms with E-state index in [9.17, 15) is 13.2 Å². The smallest absolute Gasteiger partial charge is 0.383 e. The molecule has 0 aromatic carbocycles. The third-order valence-corrected chi connectivity index (χ3v) is 6.19. The van der Waals surface area contributed by atoms with E-state index in [1.165, 1.54) is 6.20 Å². The van der Waals surface area contributed by atoms with Crippen LogP contribution in [0.5, 0.6) is 0 Å². The molecule has 0 radical (unpaired) electrons. The summed E-state index contributed by atoms with van der Waals surface area (Å²) >= 11 is 0. The van der Waals surface area contributed by atoms with Gasteiger partial charge in [-0.2, -0.15) is 18.3 Å². The number of halogens is 3. The van der Waals surface area contributed by atoms with Crippen LogP contribution in [0.15, 0.2) is 42.7 Å². The van der Waals surface area contributed by atoms with Gasteiger partial charge in [-0.15, -0.1) is 0 Å². The van der Waals surface area contributed by atoms with Gasteiger partial charge in [-0.3, -0.25) is 14.6 Å². The molecule has 156 valence electrons. The molecule has 2 N–H and O–H groups in total. The molecule has 5 heterocycles. The normalized spacial score (nSPS) is 21.4. The van der Waals surface area contributed by atoms with Gasteiger partial charge >= 0.3 is 6.18 Å². The van der Waals surface area contributed by atoms with Gasteiger partial charge in [0, 0.05) is 48.7 Å². The molecule has 30 heavy (non-hydrogen) atoms. The Hall–Kier alpha value is -2.94. The molecule has 1 spiro atoms. The molecule has 6 nitrogen and oxygen atoms in total. The van der Waals surface area contributed by atoms with E-state index in [1.54, 1.807) is 6.20 Å². The number of aromatic nitrogens is 4. The average molecular weight is 414 g/mol. The molecular weight excluding hydrogens is 393 g/mol. The molecular formula is C21H21F3N6. The summed E-state index contributed by atoms with van der Waals surface area (Å²) in [6.07, 6.45) is 0.598. The number of likely N-dealkylation sites (tertiary alicyclic amines) is 1. The van der Waals surface area contributed by atoms with Gasteiger partial charge in [0.05, 0.1) is 17.0 Å². The predicted molar refractivity (Wildman–Crippen MR) is 105 cm³/mol. The molecule has 9 heteroatoms.